The van der Waals surface area contributed by atoms with Gasteiger partial charge in [-0.3, -0.25) is 5.43 Å². The van der Waals surface area contributed by atoms with Gasteiger partial charge in [-0.1, -0.05) is 16.2 Å². The first kappa shape index (κ1) is 11.0. The van der Waals surface area contributed by atoms with E-state index >= 15 is 0 Å². The summed E-state index contributed by atoms with van der Waals surface area (Å²) in [7, 11) is 0. The quantitative estimate of drug-likeness (QED) is 0.210. The van der Waals surface area contributed by atoms with Crippen LogP contribution >= 0.6 is 23.4 Å². The van der Waals surface area contributed by atoms with Gasteiger partial charge in [-0.15, -0.1) is 0 Å². The maximum absolute atomic E-state index is 8.95. The van der Waals surface area contributed by atoms with Crippen molar-refractivity contribution >= 4 is 52.9 Å². The van der Waals surface area contributed by atoms with Gasteiger partial charge in [-0.25, -0.2) is 0 Å². The van der Waals surface area contributed by atoms with Crippen molar-refractivity contribution in [3.8, 4) is 0 Å². The van der Waals surface area contributed by atoms with Crippen LogP contribution in [0, 0.1) is 0 Å². The Kier molecular flexibility index (Phi) is 4.55. The Morgan fingerprint density at radius 3 is 2.50 bits per heavy atom. The molecule has 1 atom stereocenters. The van der Waals surface area contributed by atoms with E-state index in [2.05, 4.69) is 10.9 Å². The fraction of sp³-hybridized carbons (Fsp3) is 0.333. The first-order chi connectivity index (χ1) is 4.10. The van der Waals surface area contributed by atoms with E-state index in [9.17, 15) is 0 Å². The van der Waals surface area contributed by atoms with Crippen LogP contribution in [-0.4, -0.2) is 44.5 Å². The summed E-state index contributed by atoms with van der Waals surface area (Å²) in [6, 6.07) is 0. The van der Waals surface area contributed by atoms with E-state index in [0.29, 0.717) is 0 Å². The van der Waals surface area contributed by atoms with E-state index in [0.717, 1.165) is 4.64 Å². The van der Waals surface area contributed by atoms with Crippen molar-refractivity contribution in [2.45, 2.75) is 5.18 Å². The Hall–Kier alpha value is 1.000. The molecule has 1 rings (SSSR count). The van der Waals surface area contributed by atoms with E-state index < -0.39 is 5.18 Å². The molecule has 1 heterocycles. The number of aliphatic hydroxyl groups is 1. The van der Waals surface area contributed by atoms with Gasteiger partial charge in [0.25, 0.3) is 0 Å². The van der Waals surface area contributed by atoms with Gasteiger partial charge in [-0.05, 0) is 6.08 Å². The van der Waals surface area contributed by atoms with Crippen molar-refractivity contribution in [1.82, 2.24) is 15.5 Å². The van der Waals surface area contributed by atoms with E-state index in [1.807, 2.05) is 0 Å². The van der Waals surface area contributed by atoms with Crippen LogP contribution in [0.2, 0.25) is 0 Å². The second-order valence-electron chi connectivity index (χ2n) is 1.53. The van der Waals surface area contributed by atoms with Crippen LogP contribution in [0.3, 0.4) is 0 Å². The SMILES string of the molecule is OC1(Cl)C=CNN(Cl)N1.[Na]. The molecule has 1 unspecified atom stereocenters. The van der Waals surface area contributed by atoms with Crippen LogP contribution in [0.15, 0.2) is 12.3 Å². The molecule has 7 heteroatoms. The number of hydrogen-bond donors (Lipinski definition) is 3. The molecule has 0 aliphatic carbocycles. The van der Waals surface area contributed by atoms with E-state index in [4.69, 9.17) is 28.5 Å². The van der Waals surface area contributed by atoms with Crippen molar-refractivity contribution < 1.29 is 5.11 Å². The largest absolute Gasteiger partial charge is 0.359 e. The summed E-state index contributed by atoms with van der Waals surface area (Å²) >= 11 is 10.7. The molecule has 1 aliphatic rings. The van der Waals surface area contributed by atoms with Gasteiger partial charge in [0.05, 0.1) is 0 Å². The second kappa shape index (κ2) is 4.13. The molecule has 0 spiro atoms. The fourth-order valence-electron chi connectivity index (χ4n) is 0.420. The van der Waals surface area contributed by atoms with Crippen LogP contribution in [0.5, 0.6) is 0 Å². The predicted octanol–water partition coefficient (Wildman–Crippen LogP) is -0.517. The Labute approximate surface area is 90.5 Å². The van der Waals surface area contributed by atoms with E-state index in [-0.39, 0.29) is 29.6 Å². The average molecular weight is 193 g/mol. The zero-order valence-corrected chi connectivity index (χ0v) is 8.82. The summed E-state index contributed by atoms with van der Waals surface area (Å²) in [4.78, 5) is 0. The van der Waals surface area contributed by atoms with Crippen molar-refractivity contribution in [3.05, 3.63) is 12.3 Å². The van der Waals surface area contributed by atoms with Crippen LogP contribution in [0.25, 0.3) is 0 Å². The molecule has 1 radical (unpaired) electrons. The third-order valence-electron chi connectivity index (χ3n) is 0.747. The Morgan fingerprint density at radius 2 is 2.20 bits per heavy atom. The molecule has 1 aliphatic heterocycles. The number of nitrogens with one attached hydrogen (secondary N) is 2. The van der Waals surface area contributed by atoms with Crippen molar-refractivity contribution in [2.75, 3.05) is 0 Å². The van der Waals surface area contributed by atoms with Crippen LogP contribution in [0.1, 0.15) is 0 Å². The molecule has 3 N–H and O–H groups in total. The molecule has 53 valence electrons. The van der Waals surface area contributed by atoms with Crippen molar-refractivity contribution in [3.63, 3.8) is 0 Å². The predicted molar refractivity (Wildman–Crippen MR) is 39.7 cm³/mol. The molecule has 0 bridgehead atoms. The number of halogens is 2. The summed E-state index contributed by atoms with van der Waals surface area (Å²) in [5.74, 6) is 0. The molecule has 0 amide bonds. The van der Waals surface area contributed by atoms with Gasteiger partial charge in [-0.2, -0.15) is 5.43 Å². The molecule has 4 nitrogen and oxygen atoms in total. The Bertz CT molecular complexity index is 142. The number of rotatable bonds is 0. The average Bonchev–Trinajstić information content (AvgIpc) is 1.60. The first-order valence-corrected chi connectivity index (χ1v) is 2.91. The number of hydrogen-bond acceptors (Lipinski definition) is 4. The number of alkyl halides is 1. The smallest absolute Gasteiger partial charge is 0.230 e. The van der Waals surface area contributed by atoms with Gasteiger partial charge in [0.1, 0.15) is 0 Å². The molecule has 0 fully saturated rings. The molecular weight excluding hydrogens is 188 g/mol. The van der Waals surface area contributed by atoms with Gasteiger partial charge in [0.2, 0.25) is 5.18 Å². The van der Waals surface area contributed by atoms with Gasteiger partial charge >= 0.3 is 0 Å². The Balaban J connectivity index is 0.000000810. The maximum Gasteiger partial charge on any atom is 0.230 e. The third-order valence-corrected chi connectivity index (χ3v) is 1.14. The minimum absolute atomic E-state index is 0. The van der Waals surface area contributed by atoms with Gasteiger partial charge < -0.3 is 5.11 Å². The molecule has 0 saturated heterocycles. The van der Waals surface area contributed by atoms with Gasteiger partial charge in [0, 0.05) is 47.5 Å². The molecule has 10 heavy (non-hydrogen) atoms. The minimum Gasteiger partial charge on any atom is -0.359 e. The topological polar surface area (TPSA) is 47.5 Å². The molecule has 0 aromatic heterocycles. The molecule has 0 aromatic carbocycles. The Morgan fingerprint density at radius 1 is 1.60 bits per heavy atom. The zero-order valence-electron chi connectivity index (χ0n) is 5.31. The summed E-state index contributed by atoms with van der Waals surface area (Å²) in [5.41, 5.74) is 4.78. The molecule has 0 saturated carbocycles. The maximum atomic E-state index is 8.95. The normalized spacial score (nSPS) is 32.7. The second-order valence-corrected chi connectivity index (χ2v) is 2.44. The summed E-state index contributed by atoms with van der Waals surface area (Å²) in [6.45, 7) is 0. The zero-order chi connectivity index (χ0) is 6.91. The van der Waals surface area contributed by atoms with Crippen molar-refractivity contribution in [1.29, 1.82) is 0 Å². The monoisotopic (exact) mass is 192 g/mol. The summed E-state index contributed by atoms with van der Waals surface area (Å²) in [5, 5.41) is 7.37. The first-order valence-electron chi connectivity index (χ1n) is 2.19. The molecule has 0 aromatic rings. The standard InChI is InChI=1S/C3H5Cl2N3O.Na/c4-3(9)1-2-6-8(5)7-3;/h1-2,6-7,9H;. The number of hydrazine groups is 2. The molecular formula is C3H5Cl2N3NaO. The summed E-state index contributed by atoms with van der Waals surface area (Å²) < 4.78 is 0.924. The minimum atomic E-state index is -1.58. The number of nitrogens with zero attached hydrogens (tertiary/aromatic N) is 1. The third kappa shape index (κ3) is 3.41. The van der Waals surface area contributed by atoms with Crippen LogP contribution in [0.4, 0.5) is 0 Å². The van der Waals surface area contributed by atoms with Crippen molar-refractivity contribution in [2.24, 2.45) is 0 Å². The van der Waals surface area contributed by atoms with Gasteiger partial charge in [0.15, 0.2) is 0 Å². The van der Waals surface area contributed by atoms with Crippen LogP contribution < -0.4 is 10.9 Å². The van der Waals surface area contributed by atoms with E-state index in [1.165, 1.54) is 12.3 Å². The van der Waals surface area contributed by atoms with E-state index in [1.54, 1.807) is 0 Å². The summed E-state index contributed by atoms with van der Waals surface area (Å²) in [6.07, 6.45) is 2.73. The fourth-order valence-corrected chi connectivity index (χ4v) is 0.796. The van der Waals surface area contributed by atoms with Crippen LogP contribution in [-0.2, 0) is 0 Å².